The fraction of sp³-hybridized carbons (Fsp3) is 0.125. The summed E-state index contributed by atoms with van der Waals surface area (Å²) in [6.07, 6.45) is 1.75. The Bertz CT molecular complexity index is 419. The molecule has 0 saturated heterocycles. The number of ketones is 1. The highest BCUT2D eigenvalue weighted by molar-refractivity contribution is 7.14. The van der Waals surface area contributed by atoms with Crippen molar-refractivity contribution in [3.63, 3.8) is 0 Å². The number of carbonyl (C=O) groups is 1. The molecular formula is C8H6N2OS2. The Morgan fingerprint density at radius 3 is 2.85 bits per heavy atom. The minimum atomic E-state index is 0.0146. The van der Waals surface area contributed by atoms with Crippen LogP contribution in [0, 0.1) is 0 Å². The zero-order valence-corrected chi connectivity index (χ0v) is 8.48. The van der Waals surface area contributed by atoms with E-state index < -0.39 is 0 Å². The molecule has 0 fully saturated rings. The van der Waals surface area contributed by atoms with E-state index in [9.17, 15) is 4.79 Å². The van der Waals surface area contributed by atoms with Crippen molar-refractivity contribution in [2.45, 2.75) is 6.92 Å². The maximum atomic E-state index is 11.0. The summed E-state index contributed by atoms with van der Waals surface area (Å²) in [5.41, 5.74) is 2.60. The maximum absolute atomic E-state index is 11.0. The average Bonchev–Trinajstić information content (AvgIpc) is 2.75. The van der Waals surface area contributed by atoms with Gasteiger partial charge in [-0.25, -0.2) is 4.98 Å². The fourth-order valence-electron chi connectivity index (χ4n) is 0.891. The summed E-state index contributed by atoms with van der Waals surface area (Å²) in [5, 5.41) is 2.44. The zero-order chi connectivity index (χ0) is 9.26. The van der Waals surface area contributed by atoms with Gasteiger partial charge in [-0.2, -0.15) is 0 Å². The van der Waals surface area contributed by atoms with Crippen molar-refractivity contribution in [2.24, 2.45) is 0 Å². The van der Waals surface area contributed by atoms with Crippen LogP contribution in [0.4, 0.5) is 0 Å². The van der Waals surface area contributed by atoms with Crippen LogP contribution in [-0.4, -0.2) is 15.8 Å². The van der Waals surface area contributed by atoms with Crippen molar-refractivity contribution < 1.29 is 4.79 Å². The fourth-order valence-corrected chi connectivity index (χ4v) is 2.27. The van der Waals surface area contributed by atoms with Gasteiger partial charge in [-0.3, -0.25) is 9.78 Å². The normalized spacial score (nSPS) is 10.2. The number of aromatic nitrogens is 2. The van der Waals surface area contributed by atoms with Gasteiger partial charge in [-0.1, -0.05) is 0 Å². The summed E-state index contributed by atoms with van der Waals surface area (Å²) in [7, 11) is 0. The predicted molar refractivity (Wildman–Crippen MR) is 53.2 cm³/mol. The van der Waals surface area contributed by atoms with Crippen LogP contribution in [0.1, 0.15) is 16.7 Å². The van der Waals surface area contributed by atoms with Crippen molar-refractivity contribution in [1.82, 2.24) is 9.97 Å². The second kappa shape index (κ2) is 3.35. The monoisotopic (exact) mass is 210 g/mol. The Kier molecular flexibility index (Phi) is 2.20. The number of hydrogen-bond acceptors (Lipinski definition) is 5. The van der Waals surface area contributed by atoms with Gasteiger partial charge in [0.05, 0.1) is 16.1 Å². The standard InChI is InChI=1S/C8H6N2OS2/c1-5(11)8-10-6(3-12-8)7-2-9-4-13-7/h2-4H,1H3. The Hall–Kier alpha value is -1.07. The van der Waals surface area contributed by atoms with E-state index in [0.29, 0.717) is 5.01 Å². The van der Waals surface area contributed by atoms with Crippen molar-refractivity contribution in [3.05, 3.63) is 22.1 Å². The zero-order valence-electron chi connectivity index (χ0n) is 6.85. The molecule has 2 aromatic rings. The Balaban J connectivity index is 2.39. The number of nitrogens with zero attached hydrogens (tertiary/aromatic N) is 2. The molecule has 0 radical (unpaired) electrons. The van der Waals surface area contributed by atoms with Crippen LogP contribution < -0.4 is 0 Å². The molecule has 0 aliphatic carbocycles. The van der Waals surface area contributed by atoms with E-state index in [1.807, 2.05) is 5.38 Å². The predicted octanol–water partition coefficient (Wildman–Crippen LogP) is 2.47. The van der Waals surface area contributed by atoms with Gasteiger partial charge in [0.2, 0.25) is 0 Å². The summed E-state index contributed by atoms with van der Waals surface area (Å²) < 4.78 is 0. The smallest absolute Gasteiger partial charge is 0.188 e. The van der Waals surface area contributed by atoms with Gasteiger partial charge in [0.1, 0.15) is 0 Å². The van der Waals surface area contributed by atoms with Gasteiger partial charge in [0.15, 0.2) is 10.8 Å². The topological polar surface area (TPSA) is 42.9 Å². The third-order valence-electron chi connectivity index (χ3n) is 1.49. The van der Waals surface area contributed by atoms with Crippen LogP contribution >= 0.6 is 22.7 Å². The molecule has 0 aromatic carbocycles. The molecule has 0 bridgehead atoms. The summed E-state index contributed by atoms with van der Waals surface area (Å²) in [5.74, 6) is 0.0146. The number of thiazole rings is 2. The first-order valence-corrected chi connectivity index (χ1v) is 5.38. The lowest BCUT2D eigenvalue weighted by Crippen LogP contribution is -1.89. The molecule has 0 saturated carbocycles. The molecule has 3 nitrogen and oxygen atoms in total. The van der Waals surface area contributed by atoms with Gasteiger partial charge in [-0.05, 0) is 0 Å². The minimum absolute atomic E-state index is 0.0146. The summed E-state index contributed by atoms with van der Waals surface area (Å²) >= 11 is 2.90. The van der Waals surface area contributed by atoms with Crippen molar-refractivity contribution in [1.29, 1.82) is 0 Å². The molecule has 0 amide bonds. The molecule has 0 N–H and O–H groups in total. The van der Waals surface area contributed by atoms with Crippen LogP contribution in [0.2, 0.25) is 0 Å². The van der Waals surface area contributed by atoms with Crippen LogP contribution in [0.25, 0.3) is 10.6 Å². The van der Waals surface area contributed by atoms with Crippen molar-refractivity contribution in [3.8, 4) is 10.6 Å². The lowest BCUT2D eigenvalue weighted by molar-refractivity contribution is 0.101. The molecule has 5 heteroatoms. The SMILES string of the molecule is CC(=O)c1nc(-c2cncs2)cs1. The molecule has 0 atom stereocenters. The molecule has 66 valence electrons. The molecule has 0 spiro atoms. The van der Waals surface area contributed by atoms with Crippen LogP contribution in [-0.2, 0) is 0 Å². The highest BCUT2D eigenvalue weighted by Crippen LogP contribution is 2.24. The molecule has 0 unspecified atom stereocenters. The van der Waals surface area contributed by atoms with Crippen LogP contribution in [0.5, 0.6) is 0 Å². The lowest BCUT2D eigenvalue weighted by Gasteiger charge is -1.85. The number of hydrogen-bond donors (Lipinski definition) is 0. The van der Waals surface area contributed by atoms with E-state index in [2.05, 4.69) is 9.97 Å². The Labute approximate surface area is 83.1 Å². The number of carbonyl (C=O) groups excluding carboxylic acids is 1. The van der Waals surface area contributed by atoms with E-state index in [-0.39, 0.29) is 5.78 Å². The van der Waals surface area contributed by atoms with E-state index in [1.54, 1.807) is 11.7 Å². The van der Waals surface area contributed by atoms with Gasteiger partial charge >= 0.3 is 0 Å². The first-order chi connectivity index (χ1) is 6.27. The van der Waals surface area contributed by atoms with E-state index >= 15 is 0 Å². The maximum Gasteiger partial charge on any atom is 0.188 e. The third kappa shape index (κ3) is 1.66. The quantitative estimate of drug-likeness (QED) is 0.715. The molecular weight excluding hydrogens is 204 g/mol. The largest absolute Gasteiger partial charge is 0.292 e. The van der Waals surface area contributed by atoms with Crippen molar-refractivity contribution >= 4 is 28.5 Å². The number of Topliss-reactive ketones (excluding diaryl/α,β-unsaturated/α-hetero) is 1. The Morgan fingerprint density at radius 1 is 1.46 bits per heavy atom. The molecule has 2 heterocycles. The van der Waals surface area contributed by atoms with Gasteiger partial charge in [0, 0.05) is 18.5 Å². The van der Waals surface area contributed by atoms with E-state index in [1.165, 1.54) is 29.6 Å². The highest BCUT2D eigenvalue weighted by atomic mass is 32.1. The summed E-state index contributed by atoms with van der Waals surface area (Å²) in [4.78, 5) is 20.1. The average molecular weight is 210 g/mol. The highest BCUT2D eigenvalue weighted by Gasteiger charge is 2.08. The first kappa shape index (κ1) is 8.52. The van der Waals surface area contributed by atoms with Crippen LogP contribution in [0.3, 0.4) is 0 Å². The summed E-state index contributed by atoms with van der Waals surface area (Å²) in [6.45, 7) is 1.52. The van der Waals surface area contributed by atoms with E-state index in [0.717, 1.165) is 10.6 Å². The Morgan fingerprint density at radius 2 is 2.31 bits per heavy atom. The van der Waals surface area contributed by atoms with Crippen molar-refractivity contribution in [2.75, 3.05) is 0 Å². The molecule has 13 heavy (non-hydrogen) atoms. The third-order valence-corrected chi connectivity index (χ3v) is 3.23. The van der Waals surface area contributed by atoms with Gasteiger partial charge in [0.25, 0.3) is 0 Å². The molecule has 0 aliphatic rings. The van der Waals surface area contributed by atoms with E-state index in [4.69, 9.17) is 0 Å². The van der Waals surface area contributed by atoms with Crippen LogP contribution in [0.15, 0.2) is 17.1 Å². The molecule has 0 aliphatic heterocycles. The second-order valence-corrected chi connectivity index (χ2v) is 4.20. The summed E-state index contributed by atoms with van der Waals surface area (Å²) in [6, 6.07) is 0. The molecule has 2 rings (SSSR count). The second-order valence-electron chi connectivity index (χ2n) is 2.46. The minimum Gasteiger partial charge on any atom is -0.292 e. The molecule has 2 aromatic heterocycles. The van der Waals surface area contributed by atoms with Gasteiger partial charge in [-0.15, -0.1) is 22.7 Å². The lowest BCUT2D eigenvalue weighted by atomic mass is 10.4. The number of rotatable bonds is 2. The van der Waals surface area contributed by atoms with Gasteiger partial charge < -0.3 is 0 Å². The first-order valence-electron chi connectivity index (χ1n) is 3.62.